The quantitative estimate of drug-likeness (QED) is 0.282. The van der Waals surface area contributed by atoms with Crippen LogP contribution in [0.3, 0.4) is 0 Å². The first-order valence-corrected chi connectivity index (χ1v) is 0.836. The summed E-state index contributed by atoms with van der Waals surface area (Å²) < 4.78 is 0. The molecule has 0 aromatic heterocycles. The molecule has 0 aromatic carbocycles. The van der Waals surface area contributed by atoms with Crippen LogP contribution in [0.5, 0.6) is 0 Å². The average molecular weight is 159 g/mol. The minimum atomic E-state index is 0. The number of thiocyanates is 1. The Hall–Kier alpha value is 0.333. The second-order valence-electron chi connectivity index (χ2n) is 0.0913. The Bertz CT molecular complexity index is 29.5. The van der Waals surface area contributed by atoms with Crippen LogP contribution in [0.25, 0.3) is 0 Å². The van der Waals surface area contributed by atoms with Gasteiger partial charge in [0.05, 0.1) is 0 Å². The summed E-state index contributed by atoms with van der Waals surface area (Å²) in [5.74, 6) is 0. The zero-order valence-electron chi connectivity index (χ0n) is 1.71. The van der Waals surface area contributed by atoms with Crippen molar-refractivity contribution in [2.75, 3.05) is 0 Å². The van der Waals surface area contributed by atoms with Gasteiger partial charge in [-0.05, 0) is 0 Å². The molecule has 3 heteroatoms. The van der Waals surface area contributed by atoms with Crippen molar-refractivity contribution in [3.8, 4) is 5.40 Å². The second-order valence-corrected chi connectivity index (χ2v) is 0.274. The minimum Gasteiger partial charge on any atom is -0.696 e. The van der Waals surface area contributed by atoms with E-state index in [1.54, 1.807) is 0 Å². The molecule has 4 heavy (non-hydrogen) atoms. The largest absolute Gasteiger partial charge is 1.00 e. The molecule has 0 N–H and O–H groups in total. The van der Waals surface area contributed by atoms with Gasteiger partial charge in [-0.2, -0.15) is 0 Å². The zero-order valence-corrected chi connectivity index (χ0v) is 4.26. The van der Waals surface area contributed by atoms with E-state index in [0.717, 1.165) is 0 Å². The number of hydrogen-bond donors (Lipinski definition) is 0. The van der Waals surface area contributed by atoms with Gasteiger partial charge in [0.1, 0.15) is 0 Å². The molecule has 0 heterocycles. The summed E-state index contributed by atoms with van der Waals surface area (Å²) in [5.41, 5.74) is 0. The van der Waals surface area contributed by atoms with Gasteiger partial charge in [0.2, 0.25) is 0 Å². The maximum absolute atomic E-state index is 7.13. The second kappa shape index (κ2) is 10.2. The third-order valence-electron chi connectivity index (χ3n) is 0. The van der Waals surface area contributed by atoms with Crippen LogP contribution >= 0.6 is 0 Å². The number of nitriles is 1. The van der Waals surface area contributed by atoms with Crippen molar-refractivity contribution in [3.05, 3.63) is 0 Å². The van der Waals surface area contributed by atoms with E-state index in [9.17, 15) is 0 Å². The van der Waals surface area contributed by atoms with Gasteiger partial charge in [-0.25, -0.2) is 5.26 Å². The minimum absolute atomic E-state index is 0. The summed E-state index contributed by atoms with van der Waals surface area (Å²) in [5, 5.41) is 8.47. The third kappa shape index (κ3) is 37.3. The first-order valence-electron chi connectivity index (χ1n) is 0.428. The molecular formula is CNRuS. The van der Waals surface area contributed by atoms with Crippen molar-refractivity contribution >= 4 is 12.6 Å². The fourth-order valence-electron chi connectivity index (χ4n) is 0. The fourth-order valence-corrected chi connectivity index (χ4v) is 0. The van der Waals surface area contributed by atoms with Crippen LogP contribution in [-0.2, 0) is 32.1 Å². The molecular weight excluding hydrogens is 159 g/mol. The van der Waals surface area contributed by atoms with E-state index in [1.807, 2.05) is 0 Å². The van der Waals surface area contributed by atoms with Gasteiger partial charge in [0, 0.05) is 0 Å². The number of hydrogen-bond acceptors (Lipinski definition) is 2. The van der Waals surface area contributed by atoms with Crippen molar-refractivity contribution in [2.24, 2.45) is 0 Å². The molecule has 23 valence electrons. The molecule has 0 saturated carbocycles. The SMILES string of the molecule is N#C[S-].[Ru+]. The van der Waals surface area contributed by atoms with Gasteiger partial charge in [-0.1, -0.05) is 5.40 Å². The molecule has 0 unspecified atom stereocenters. The monoisotopic (exact) mass is 160 g/mol. The molecule has 0 rings (SSSR count). The normalized spacial score (nSPS) is 1.75. The first kappa shape index (κ1) is 8.84. The summed E-state index contributed by atoms with van der Waals surface area (Å²) >= 11 is 3.70. The van der Waals surface area contributed by atoms with Gasteiger partial charge < -0.3 is 12.6 Å². The Morgan fingerprint density at radius 3 is 1.75 bits per heavy atom. The summed E-state index contributed by atoms with van der Waals surface area (Å²) in [6.45, 7) is 0. The maximum atomic E-state index is 7.13. The van der Waals surface area contributed by atoms with Crippen molar-refractivity contribution in [1.29, 1.82) is 5.26 Å². The molecule has 0 atom stereocenters. The molecule has 1 nitrogen and oxygen atoms in total. The van der Waals surface area contributed by atoms with E-state index in [0.29, 0.717) is 0 Å². The predicted octanol–water partition coefficient (Wildman–Crippen LogP) is 0.0119. The van der Waals surface area contributed by atoms with E-state index >= 15 is 0 Å². The number of rotatable bonds is 0. The average Bonchev–Trinajstić information content (AvgIpc) is 0.918. The Morgan fingerprint density at radius 1 is 1.75 bits per heavy atom. The van der Waals surface area contributed by atoms with Gasteiger partial charge in [0.25, 0.3) is 0 Å². The summed E-state index contributed by atoms with van der Waals surface area (Å²) in [6.07, 6.45) is 0. The smallest absolute Gasteiger partial charge is 0.696 e. The van der Waals surface area contributed by atoms with Gasteiger partial charge in [0.15, 0.2) is 0 Å². The molecule has 0 amide bonds. The summed E-state index contributed by atoms with van der Waals surface area (Å²) in [4.78, 5) is 0. The van der Waals surface area contributed by atoms with E-state index in [1.165, 1.54) is 5.40 Å². The van der Waals surface area contributed by atoms with Crippen LogP contribution in [-0.4, -0.2) is 0 Å². The van der Waals surface area contributed by atoms with Crippen LogP contribution in [0, 0.1) is 10.7 Å². The third-order valence-corrected chi connectivity index (χ3v) is 0. The van der Waals surface area contributed by atoms with Crippen LogP contribution in [0.2, 0.25) is 0 Å². The summed E-state index contributed by atoms with van der Waals surface area (Å²) in [6, 6.07) is 0. The Kier molecular flexibility index (Phi) is 22.6. The molecule has 0 saturated heterocycles. The van der Waals surface area contributed by atoms with Gasteiger partial charge in [-0.3, -0.25) is 0 Å². The molecule has 0 fully saturated rings. The van der Waals surface area contributed by atoms with Crippen molar-refractivity contribution in [2.45, 2.75) is 0 Å². The predicted molar refractivity (Wildman–Crippen MR) is 13.0 cm³/mol. The maximum Gasteiger partial charge on any atom is 1.00 e. The standard InChI is InChI=1S/CHNS.Ru/c2-1-3;/h3H;/q;+1/p-1. The summed E-state index contributed by atoms with van der Waals surface area (Å²) in [7, 11) is 0. The molecule has 1 radical (unpaired) electrons. The van der Waals surface area contributed by atoms with Gasteiger partial charge in [-0.15, -0.1) is 0 Å². The fraction of sp³-hybridized carbons (Fsp3) is 0. The van der Waals surface area contributed by atoms with Crippen molar-refractivity contribution in [1.82, 2.24) is 0 Å². The van der Waals surface area contributed by atoms with Crippen molar-refractivity contribution < 1.29 is 19.5 Å². The Labute approximate surface area is 43.2 Å². The van der Waals surface area contributed by atoms with Gasteiger partial charge >= 0.3 is 19.5 Å². The molecule has 0 aliphatic carbocycles. The van der Waals surface area contributed by atoms with E-state index in [-0.39, 0.29) is 19.5 Å². The van der Waals surface area contributed by atoms with E-state index < -0.39 is 0 Å². The van der Waals surface area contributed by atoms with Crippen LogP contribution in [0.4, 0.5) is 0 Å². The Morgan fingerprint density at radius 2 is 1.75 bits per heavy atom. The van der Waals surface area contributed by atoms with Crippen LogP contribution < -0.4 is 0 Å². The molecule has 0 aromatic rings. The Balaban J connectivity index is 0. The zero-order chi connectivity index (χ0) is 2.71. The first-order chi connectivity index (χ1) is 1.41. The van der Waals surface area contributed by atoms with E-state index in [2.05, 4.69) is 12.6 Å². The van der Waals surface area contributed by atoms with Crippen LogP contribution in [0.15, 0.2) is 0 Å². The molecule has 0 spiro atoms. The molecule has 0 bridgehead atoms. The van der Waals surface area contributed by atoms with Crippen LogP contribution in [0.1, 0.15) is 0 Å². The van der Waals surface area contributed by atoms with Crippen molar-refractivity contribution in [3.63, 3.8) is 0 Å². The number of nitrogens with zero attached hydrogens (tertiary/aromatic N) is 1. The molecule has 0 aliphatic heterocycles. The van der Waals surface area contributed by atoms with E-state index in [4.69, 9.17) is 5.26 Å². The topological polar surface area (TPSA) is 23.8 Å². The molecule has 0 aliphatic rings.